The summed E-state index contributed by atoms with van der Waals surface area (Å²) in [6.07, 6.45) is 5.00. The second-order valence-electron chi connectivity index (χ2n) is 10.2. The Balaban J connectivity index is 1.30. The fourth-order valence-corrected chi connectivity index (χ4v) is 5.70. The van der Waals surface area contributed by atoms with E-state index in [1.807, 2.05) is 54.1 Å². The number of nitrogens with zero attached hydrogens (tertiary/aromatic N) is 6. The Labute approximate surface area is 221 Å². The van der Waals surface area contributed by atoms with Gasteiger partial charge in [0.25, 0.3) is 5.91 Å². The van der Waals surface area contributed by atoms with Gasteiger partial charge in [-0.1, -0.05) is 48.0 Å². The van der Waals surface area contributed by atoms with Gasteiger partial charge in [0.1, 0.15) is 11.3 Å². The molecule has 1 fully saturated rings. The minimum absolute atomic E-state index is 0.145. The van der Waals surface area contributed by atoms with Crippen molar-refractivity contribution < 1.29 is 9.53 Å². The van der Waals surface area contributed by atoms with Gasteiger partial charge in [-0.15, -0.1) is 0 Å². The van der Waals surface area contributed by atoms with Crippen molar-refractivity contribution in [1.82, 2.24) is 19.7 Å². The van der Waals surface area contributed by atoms with Crippen molar-refractivity contribution in [3.05, 3.63) is 89.6 Å². The highest BCUT2D eigenvalue weighted by Crippen LogP contribution is 2.44. The van der Waals surface area contributed by atoms with Gasteiger partial charge in [-0.3, -0.25) is 19.6 Å². The molecule has 38 heavy (non-hydrogen) atoms. The average Bonchev–Trinajstić information content (AvgIpc) is 3.63. The Bertz CT molecular complexity index is 1540. The molecule has 0 spiro atoms. The number of aromatic nitrogens is 3. The summed E-state index contributed by atoms with van der Waals surface area (Å²) in [7, 11) is 1.79. The molecule has 0 unspecified atom stereocenters. The molecule has 7 rings (SSSR count). The summed E-state index contributed by atoms with van der Waals surface area (Å²) < 4.78 is 8.24. The summed E-state index contributed by atoms with van der Waals surface area (Å²) in [5.74, 6) is 2.32. The highest BCUT2D eigenvalue weighted by Gasteiger charge is 2.49. The lowest BCUT2D eigenvalue weighted by Crippen LogP contribution is -2.51. The predicted molar refractivity (Wildman–Crippen MR) is 146 cm³/mol. The summed E-state index contributed by atoms with van der Waals surface area (Å²) >= 11 is 0. The smallest absolute Gasteiger partial charge is 0.269 e. The standard InChI is InChI=1S/C30H28N6O2/c1-19-9-15-22(16-10-19)38-29-26-27(36-25-8-5-7-24(25)32-30(36)34(2)28(26)37)33-35(29)18-20-11-13-21(14-12-20)23-6-3-4-17-31-23/h3-4,6,9-17,24-25H,5,7-8,18H2,1-2H3/t24-,25+/m1/s1. The average molecular weight is 505 g/mol. The van der Waals surface area contributed by atoms with Gasteiger partial charge in [0.05, 0.1) is 24.3 Å². The second kappa shape index (κ2) is 8.83. The molecular weight excluding hydrogens is 476 g/mol. The maximum Gasteiger partial charge on any atom is 0.269 e. The van der Waals surface area contributed by atoms with Crippen molar-refractivity contribution >= 4 is 17.7 Å². The highest BCUT2D eigenvalue weighted by atomic mass is 16.5. The Morgan fingerprint density at radius 2 is 1.82 bits per heavy atom. The fourth-order valence-electron chi connectivity index (χ4n) is 5.70. The third-order valence-corrected chi connectivity index (χ3v) is 7.69. The SMILES string of the molecule is Cc1ccc(Oc2c3c(nn2Cc2ccc(-c4ccccn4)cc2)N2C(=N[C@@H]4CCC[C@@H]42)N(C)C3=O)cc1. The second-order valence-corrected chi connectivity index (χ2v) is 10.2. The van der Waals surface area contributed by atoms with Gasteiger partial charge < -0.3 is 4.74 Å². The number of carbonyl (C=O) groups excluding carboxylic acids is 1. The summed E-state index contributed by atoms with van der Waals surface area (Å²) in [5.41, 5.74) is 4.66. The number of amides is 1. The molecule has 8 nitrogen and oxygen atoms in total. The molecule has 0 saturated heterocycles. The quantitative estimate of drug-likeness (QED) is 0.370. The van der Waals surface area contributed by atoms with E-state index in [4.69, 9.17) is 14.8 Å². The van der Waals surface area contributed by atoms with Crippen LogP contribution in [0.3, 0.4) is 0 Å². The number of rotatable bonds is 5. The van der Waals surface area contributed by atoms with Crippen LogP contribution in [0.15, 0.2) is 77.9 Å². The van der Waals surface area contributed by atoms with Crippen LogP contribution < -0.4 is 9.64 Å². The fraction of sp³-hybridized carbons (Fsp3) is 0.267. The zero-order valence-electron chi connectivity index (χ0n) is 21.4. The number of fused-ring (bicyclic) bond motifs is 5. The Morgan fingerprint density at radius 1 is 1.00 bits per heavy atom. The number of aliphatic imine (C=N–C) groups is 1. The molecule has 2 atom stereocenters. The van der Waals surface area contributed by atoms with Crippen LogP contribution in [0.1, 0.15) is 40.7 Å². The number of hydrogen-bond donors (Lipinski definition) is 0. The number of hydrogen-bond acceptors (Lipinski definition) is 6. The molecule has 1 saturated carbocycles. The molecule has 0 N–H and O–H groups in total. The molecule has 4 heterocycles. The van der Waals surface area contributed by atoms with Gasteiger partial charge >= 0.3 is 0 Å². The molecule has 0 bridgehead atoms. The van der Waals surface area contributed by atoms with Crippen molar-refractivity contribution in [2.45, 2.75) is 44.8 Å². The molecule has 2 aromatic heterocycles. The minimum Gasteiger partial charge on any atom is -0.438 e. The molecule has 8 heteroatoms. The maximum atomic E-state index is 13.7. The first-order chi connectivity index (χ1) is 18.6. The van der Waals surface area contributed by atoms with Crippen LogP contribution in [-0.2, 0) is 6.54 Å². The van der Waals surface area contributed by atoms with Gasteiger partial charge in [0, 0.05) is 18.8 Å². The Morgan fingerprint density at radius 3 is 2.58 bits per heavy atom. The van der Waals surface area contributed by atoms with Crippen molar-refractivity contribution in [2.24, 2.45) is 4.99 Å². The van der Waals surface area contributed by atoms with E-state index in [0.717, 1.165) is 41.6 Å². The molecule has 2 aliphatic heterocycles. The molecule has 4 aromatic rings. The van der Waals surface area contributed by atoms with E-state index in [1.165, 1.54) is 0 Å². The lowest BCUT2D eigenvalue weighted by atomic mass is 10.1. The summed E-state index contributed by atoms with van der Waals surface area (Å²) in [6, 6.07) is 22.5. The number of guanidine groups is 1. The normalized spacial score (nSPS) is 19.7. The van der Waals surface area contributed by atoms with E-state index in [0.29, 0.717) is 35.5 Å². The summed E-state index contributed by atoms with van der Waals surface area (Å²) in [6.45, 7) is 2.50. The minimum atomic E-state index is -0.145. The molecule has 1 amide bonds. The van der Waals surface area contributed by atoms with E-state index >= 15 is 0 Å². The number of anilines is 1. The predicted octanol–water partition coefficient (Wildman–Crippen LogP) is 5.28. The van der Waals surface area contributed by atoms with E-state index in [-0.39, 0.29) is 18.0 Å². The number of benzene rings is 2. The molecular formula is C30H28N6O2. The van der Waals surface area contributed by atoms with Crippen molar-refractivity contribution in [2.75, 3.05) is 11.9 Å². The maximum absolute atomic E-state index is 13.7. The van der Waals surface area contributed by atoms with Crippen LogP contribution in [-0.4, -0.2) is 50.7 Å². The summed E-state index contributed by atoms with van der Waals surface area (Å²) in [4.78, 5) is 26.9. The lowest BCUT2D eigenvalue weighted by molar-refractivity contribution is 0.0862. The topological polar surface area (TPSA) is 75.8 Å². The Hall–Kier alpha value is -4.46. The molecule has 190 valence electrons. The highest BCUT2D eigenvalue weighted by molar-refractivity contribution is 6.20. The van der Waals surface area contributed by atoms with Gasteiger partial charge in [0.15, 0.2) is 5.82 Å². The van der Waals surface area contributed by atoms with Gasteiger partial charge in [-0.05, 0) is 56.0 Å². The van der Waals surface area contributed by atoms with Crippen LogP contribution in [0, 0.1) is 6.92 Å². The molecule has 2 aromatic carbocycles. The van der Waals surface area contributed by atoms with Crippen LogP contribution >= 0.6 is 0 Å². The number of ether oxygens (including phenoxy) is 1. The number of aryl methyl sites for hydroxylation is 1. The van der Waals surface area contributed by atoms with Crippen molar-refractivity contribution in [3.8, 4) is 22.9 Å². The van der Waals surface area contributed by atoms with Crippen molar-refractivity contribution in [1.29, 1.82) is 0 Å². The van der Waals surface area contributed by atoms with E-state index < -0.39 is 0 Å². The first kappa shape index (κ1) is 22.7. The lowest BCUT2D eigenvalue weighted by Gasteiger charge is -2.33. The third-order valence-electron chi connectivity index (χ3n) is 7.69. The molecule has 3 aliphatic rings. The number of pyridine rings is 1. The van der Waals surface area contributed by atoms with Crippen LogP contribution in [0.4, 0.5) is 5.82 Å². The van der Waals surface area contributed by atoms with Crippen LogP contribution in [0.2, 0.25) is 0 Å². The van der Waals surface area contributed by atoms with Gasteiger partial charge in [-0.25, -0.2) is 9.67 Å². The Kier molecular flexibility index (Phi) is 5.28. The first-order valence-electron chi connectivity index (χ1n) is 13.1. The summed E-state index contributed by atoms with van der Waals surface area (Å²) in [5, 5.41) is 5.01. The van der Waals surface area contributed by atoms with Gasteiger partial charge in [-0.2, -0.15) is 5.10 Å². The molecule has 1 aliphatic carbocycles. The first-order valence-corrected chi connectivity index (χ1v) is 13.1. The van der Waals surface area contributed by atoms with Crippen LogP contribution in [0.5, 0.6) is 11.6 Å². The van der Waals surface area contributed by atoms with Gasteiger partial charge in [0.2, 0.25) is 11.8 Å². The zero-order chi connectivity index (χ0) is 25.8. The van der Waals surface area contributed by atoms with Crippen LogP contribution in [0.25, 0.3) is 11.3 Å². The largest absolute Gasteiger partial charge is 0.438 e. The zero-order valence-corrected chi connectivity index (χ0v) is 21.4. The molecule has 0 radical (unpaired) electrons. The van der Waals surface area contributed by atoms with Crippen molar-refractivity contribution in [3.63, 3.8) is 0 Å². The van der Waals surface area contributed by atoms with E-state index in [2.05, 4.69) is 34.1 Å². The van der Waals surface area contributed by atoms with E-state index in [1.54, 1.807) is 18.1 Å². The number of carbonyl (C=O) groups is 1. The third kappa shape index (κ3) is 3.67. The van der Waals surface area contributed by atoms with E-state index in [9.17, 15) is 4.79 Å². The monoisotopic (exact) mass is 504 g/mol.